The first-order valence-electron chi connectivity index (χ1n) is 7.38. The smallest absolute Gasteiger partial charge is 0.104 e. The number of aliphatic hydroxyl groups excluding tert-OH is 1. The molecule has 1 aliphatic heterocycles. The van der Waals surface area contributed by atoms with Crippen molar-refractivity contribution in [2.24, 2.45) is 11.3 Å². The molecule has 1 aliphatic rings. The van der Waals surface area contributed by atoms with Gasteiger partial charge in [-0.3, -0.25) is 4.90 Å². The van der Waals surface area contributed by atoms with Crippen LogP contribution in [0.3, 0.4) is 0 Å². The number of nitrogens with zero attached hydrogens (tertiary/aromatic N) is 1. The molecule has 0 atom stereocenters. The summed E-state index contributed by atoms with van der Waals surface area (Å²) in [4.78, 5) is 3.93. The van der Waals surface area contributed by atoms with E-state index in [0.717, 1.165) is 18.0 Å². The summed E-state index contributed by atoms with van der Waals surface area (Å²) in [5.41, 5.74) is 1.48. The van der Waals surface area contributed by atoms with Crippen molar-refractivity contribution in [1.82, 2.24) is 4.90 Å². The molecule has 1 aromatic heterocycles. The van der Waals surface area contributed by atoms with E-state index in [1.165, 1.54) is 30.8 Å². The fourth-order valence-corrected chi connectivity index (χ4v) is 3.71. The Morgan fingerprint density at radius 2 is 2.05 bits per heavy atom. The predicted octanol–water partition coefficient (Wildman–Crippen LogP) is 3.35. The fourth-order valence-electron chi connectivity index (χ4n) is 2.85. The largest absolute Gasteiger partial charge is 0.384 e. The number of thiophene rings is 1. The molecule has 2 nitrogen and oxygen atoms in total. The molecule has 1 fully saturated rings. The molecule has 0 spiro atoms. The Labute approximate surface area is 126 Å². The van der Waals surface area contributed by atoms with Gasteiger partial charge >= 0.3 is 0 Å². The molecule has 0 aromatic carbocycles. The zero-order valence-corrected chi connectivity index (χ0v) is 13.6. The average molecular weight is 291 g/mol. The van der Waals surface area contributed by atoms with Crippen LogP contribution in [0.25, 0.3) is 0 Å². The van der Waals surface area contributed by atoms with Crippen molar-refractivity contribution in [2.45, 2.75) is 40.2 Å². The van der Waals surface area contributed by atoms with Gasteiger partial charge in [-0.05, 0) is 43.3 Å². The standard InChI is InChI=1S/C17H25NOS/c1-17(2,3)15-6-8-18(9-7-15)12-16-11-14(13-20-16)5-4-10-19/h11,13,15,19H,6-10,12H2,1-3H3. The van der Waals surface area contributed by atoms with Crippen molar-refractivity contribution in [2.75, 3.05) is 19.7 Å². The number of rotatable bonds is 2. The third kappa shape index (κ3) is 4.34. The lowest BCUT2D eigenvalue weighted by Gasteiger charge is -2.38. The van der Waals surface area contributed by atoms with Crippen molar-refractivity contribution in [1.29, 1.82) is 0 Å². The third-order valence-corrected chi connectivity index (χ3v) is 5.08. The van der Waals surface area contributed by atoms with Crippen LogP contribution in [0.2, 0.25) is 0 Å². The number of hydrogen-bond acceptors (Lipinski definition) is 3. The lowest BCUT2D eigenvalue weighted by molar-refractivity contribution is 0.109. The second-order valence-electron chi connectivity index (χ2n) is 6.68. The van der Waals surface area contributed by atoms with Gasteiger partial charge in [0.25, 0.3) is 0 Å². The van der Waals surface area contributed by atoms with E-state index in [1.54, 1.807) is 11.3 Å². The van der Waals surface area contributed by atoms with Crippen LogP contribution in [0.5, 0.6) is 0 Å². The van der Waals surface area contributed by atoms with Gasteiger partial charge in [0.1, 0.15) is 6.61 Å². The molecule has 1 saturated heterocycles. The van der Waals surface area contributed by atoms with Gasteiger partial charge in [-0.25, -0.2) is 0 Å². The van der Waals surface area contributed by atoms with E-state index in [1.807, 2.05) is 0 Å². The summed E-state index contributed by atoms with van der Waals surface area (Å²) >= 11 is 1.77. The summed E-state index contributed by atoms with van der Waals surface area (Å²) < 4.78 is 0. The lowest BCUT2D eigenvalue weighted by atomic mass is 9.75. The predicted molar refractivity (Wildman–Crippen MR) is 85.7 cm³/mol. The van der Waals surface area contributed by atoms with Gasteiger partial charge in [0, 0.05) is 22.4 Å². The monoisotopic (exact) mass is 291 g/mol. The second kappa shape index (κ2) is 6.76. The first-order valence-corrected chi connectivity index (χ1v) is 8.26. The van der Waals surface area contributed by atoms with Crippen LogP contribution in [0, 0.1) is 23.2 Å². The molecule has 0 bridgehead atoms. The summed E-state index contributed by atoms with van der Waals surface area (Å²) in [6.45, 7) is 10.5. The maximum absolute atomic E-state index is 8.71. The average Bonchev–Trinajstić information content (AvgIpc) is 2.83. The van der Waals surface area contributed by atoms with E-state index in [0.29, 0.717) is 5.41 Å². The Morgan fingerprint density at radius 1 is 1.35 bits per heavy atom. The van der Waals surface area contributed by atoms with E-state index < -0.39 is 0 Å². The van der Waals surface area contributed by atoms with E-state index >= 15 is 0 Å². The van der Waals surface area contributed by atoms with Crippen LogP contribution < -0.4 is 0 Å². The highest BCUT2D eigenvalue weighted by atomic mass is 32.1. The van der Waals surface area contributed by atoms with E-state index in [9.17, 15) is 0 Å². The van der Waals surface area contributed by atoms with Gasteiger partial charge in [-0.15, -0.1) is 11.3 Å². The summed E-state index contributed by atoms with van der Waals surface area (Å²) in [6, 6.07) is 2.16. The highest BCUT2D eigenvalue weighted by Crippen LogP contribution is 2.34. The normalized spacial score (nSPS) is 17.8. The van der Waals surface area contributed by atoms with Crippen LogP contribution in [0.15, 0.2) is 11.4 Å². The molecule has 3 heteroatoms. The van der Waals surface area contributed by atoms with Gasteiger partial charge in [0.15, 0.2) is 0 Å². The van der Waals surface area contributed by atoms with Crippen LogP contribution in [0.1, 0.15) is 44.1 Å². The molecule has 0 aliphatic carbocycles. The Kier molecular flexibility index (Phi) is 5.26. The first kappa shape index (κ1) is 15.6. The van der Waals surface area contributed by atoms with E-state index in [-0.39, 0.29) is 6.61 Å². The zero-order valence-electron chi connectivity index (χ0n) is 12.8. The zero-order chi connectivity index (χ0) is 14.6. The minimum absolute atomic E-state index is 0.0640. The SMILES string of the molecule is CC(C)(C)C1CCN(Cc2cc(C#CCO)cs2)CC1. The van der Waals surface area contributed by atoms with Crippen molar-refractivity contribution in [3.05, 3.63) is 21.9 Å². The molecule has 0 saturated carbocycles. The Bertz CT molecular complexity index is 481. The highest BCUT2D eigenvalue weighted by Gasteiger charge is 2.28. The molecule has 2 rings (SSSR count). The number of hydrogen-bond donors (Lipinski definition) is 1. The third-order valence-electron chi connectivity index (χ3n) is 4.16. The molecular weight excluding hydrogens is 266 g/mol. The molecular formula is C17H25NOS. The van der Waals surface area contributed by atoms with Crippen molar-refractivity contribution >= 4 is 11.3 Å². The molecule has 110 valence electrons. The van der Waals surface area contributed by atoms with Crippen molar-refractivity contribution in [3.63, 3.8) is 0 Å². The summed E-state index contributed by atoms with van der Waals surface area (Å²) in [6.07, 6.45) is 2.62. The number of likely N-dealkylation sites (tertiary alicyclic amines) is 1. The van der Waals surface area contributed by atoms with Crippen LogP contribution in [0.4, 0.5) is 0 Å². The van der Waals surface area contributed by atoms with Gasteiger partial charge < -0.3 is 5.11 Å². The van der Waals surface area contributed by atoms with Gasteiger partial charge in [0.05, 0.1) is 0 Å². The maximum atomic E-state index is 8.71. The molecule has 0 unspecified atom stereocenters. The maximum Gasteiger partial charge on any atom is 0.104 e. The highest BCUT2D eigenvalue weighted by molar-refractivity contribution is 7.10. The minimum Gasteiger partial charge on any atom is -0.384 e. The topological polar surface area (TPSA) is 23.5 Å². The molecule has 1 aromatic rings. The lowest BCUT2D eigenvalue weighted by Crippen LogP contribution is -2.37. The van der Waals surface area contributed by atoms with Gasteiger partial charge in [0.2, 0.25) is 0 Å². The van der Waals surface area contributed by atoms with Gasteiger partial charge in [-0.1, -0.05) is 32.6 Å². The molecule has 2 heterocycles. The minimum atomic E-state index is -0.0640. The van der Waals surface area contributed by atoms with Crippen molar-refractivity contribution < 1.29 is 5.11 Å². The first-order chi connectivity index (χ1) is 9.49. The van der Waals surface area contributed by atoms with Gasteiger partial charge in [-0.2, -0.15) is 0 Å². The quantitative estimate of drug-likeness (QED) is 0.845. The molecule has 1 N–H and O–H groups in total. The van der Waals surface area contributed by atoms with Crippen molar-refractivity contribution in [3.8, 4) is 11.8 Å². The summed E-state index contributed by atoms with van der Waals surface area (Å²) in [5, 5.41) is 10.8. The summed E-state index contributed by atoms with van der Waals surface area (Å²) in [7, 11) is 0. The van der Waals surface area contributed by atoms with E-state index in [2.05, 4.69) is 49.0 Å². The van der Waals surface area contributed by atoms with Crippen LogP contribution in [-0.2, 0) is 6.54 Å². The van der Waals surface area contributed by atoms with E-state index in [4.69, 9.17) is 5.11 Å². The second-order valence-corrected chi connectivity index (χ2v) is 7.67. The van der Waals surface area contributed by atoms with Crippen LogP contribution in [-0.4, -0.2) is 29.7 Å². The number of piperidine rings is 1. The summed E-state index contributed by atoms with van der Waals surface area (Å²) in [5.74, 6) is 6.53. The molecule has 0 amide bonds. The molecule has 20 heavy (non-hydrogen) atoms. The Morgan fingerprint density at radius 3 is 2.65 bits per heavy atom. The van der Waals surface area contributed by atoms with Crippen LogP contribution >= 0.6 is 11.3 Å². The molecule has 0 radical (unpaired) electrons. The fraction of sp³-hybridized carbons (Fsp3) is 0.647. The Hall–Kier alpha value is -0.820. The Balaban J connectivity index is 1.85. The number of aliphatic hydroxyl groups is 1.